The zero-order chi connectivity index (χ0) is 13.3. The van der Waals surface area contributed by atoms with E-state index < -0.39 is 0 Å². The van der Waals surface area contributed by atoms with Gasteiger partial charge in [0.15, 0.2) is 0 Å². The van der Waals surface area contributed by atoms with Crippen LogP contribution in [-0.4, -0.2) is 48.4 Å². The second kappa shape index (κ2) is 4.56. The van der Waals surface area contributed by atoms with Crippen molar-refractivity contribution >= 4 is 11.9 Å². The minimum absolute atomic E-state index is 0.308. The average molecular weight is 264 g/mol. The van der Waals surface area contributed by atoms with E-state index in [0.29, 0.717) is 12.4 Å². The molecule has 102 valence electrons. The second-order valence-electron chi connectivity index (χ2n) is 4.83. The molecule has 2 fully saturated rings. The predicted octanol–water partition coefficient (Wildman–Crippen LogP) is 0.564. The normalized spacial score (nSPS) is 21.1. The van der Waals surface area contributed by atoms with Crippen LogP contribution in [0.2, 0.25) is 0 Å². The van der Waals surface area contributed by atoms with E-state index in [1.165, 1.54) is 6.33 Å². The lowest BCUT2D eigenvalue weighted by molar-refractivity contribution is 0.0366. The van der Waals surface area contributed by atoms with Crippen molar-refractivity contribution in [3.05, 3.63) is 12.4 Å². The smallest absolute Gasteiger partial charge is 0.407 e. The van der Waals surface area contributed by atoms with Crippen LogP contribution >= 0.6 is 0 Å². The fourth-order valence-electron chi connectivity index (χ4n) is 2.54. The van der Waals surface area contributed by atoms with E-state index in [4.69, 9.17) is 9.47 Å². The maximum Gasteiger partial charge on any atom is 0.407 e. The average Bonchev–Trinajstić information content (AvgIpc) is 2.81. The Morgan fingerprint density at radius 3 is 2.84 bits per heavy atom. The Balaban J connectivity index is 1.68. The van der Waals surface area contributed by atoms with Crippen LogP contribution in [0.25, 0.3) is 0 Å². The van der Waals surface area contributed by atoms with Crippen LogP contribution in [0.15, 0.2) is 12.4 Å². The largest absolute Gasteiger partial charge is 0.481 e. The third-order valence-corrected chi connectivity index (χ3v) is 3.70. The van der Waals surface area contributed by atoms with Gasteiger partial charge in [0.25, 0.3) is 0 Å². The third kappa shape index (κ3) is 2.27. The van der Waals surface area contributed by atoms with E-state index in [9.17, 15) is 4.79 Å². The molecule has 2 aliphatic rings. The van der Waals surface area contributed by atoms with Gasteiger partial charge in [0.1, 0.15) is 17.7 Å². The van der Waals surface area contributed by atoms with Crippen molar-refractivity contribution in [2.45, 2.75) is 18.4 Å². The zero-order valence-electron chi connectivity index (χ0n) is 10.8. The molecule has 1 aromatic rings. The number of hydrogen-bond donors (Lipinski definition) is 1. The molecule has 0 aromatic carbocycles. The molecule has 7 nitrogen and oxygen atoms in total. The lowest BCUT2D eigenvalue weighted by atomic mass is 9.92. The molecule has 0 saturated carbocycles. The summed E-state index contributed by atoms with van der Waals surface area (Å²) in [6, 6.07) is 1.82. The summed E-state index contributed by atoms with van der Waals surface area (Å²) in [6.45, 7) is 2.21. The summed E-state index contributed by atoms with van der Waals surface area (Å²) in [5, 5.41) is 2.73. The van der Waals surface area contributed by atoms with Gasteiger partial charge in [0.2, 0.25) is 5.88 Å². The van der Waals surface area contributed by atoms with Gasteiger partial charge >= 0.3 is 6.09 Å². The number of carbonyl (C=O) groups is 1. The molecule has 0 radical (unpaired) electrons. The van der Waals surface area contributed by atoms with Gasteiger partial charge in [-0.1, -0.05) is 0 Å². The summed E-state index contributed by atoms with van der Waals surface area (Å²) in [4.78, 5) is 21.6. The first-order valence-corrected chi connectivity index (χ1v) is 6.29. The number of nitrogens with zero attached hydrogens (tertiary/aromatic N) is 3. The van der Waals surface area contributed by atoms with Crippen LogP contribution in [0.4, 0.5) is 10.6 Å². The first-order chi connectivity index (χ1) is 9.21. The molecule has 1 amide bonds. The molecule has 0 bridgehead atoms. The molecule has 3 heterocycles. The summed E-state index contributed by atoms with van der Waals surface area (Å²) in [5.74, 6) is 1.40. The molecule has 1 aromatic heterocycles. The molecule has 19 heavy (non-hydrogen) atoms. The standard InChI is InChI=1S/C12H16N4O3/c1-18-10-6-9(14-8-15-10)16-4-2-12(3-5-16)7-13-11(17)19-12/h6,8H,2-5,7H2,1H3,(H,13,17). The Morgan fingerprint density at radius 2 is 2.21 bits per heavy atom. The number of methoxy groups -OCH3 is 1. The highest BCUT2D eigenvalue weighted by Crippen LogP contribution is 2.31. The van der Waals surface area contributed by atoms with Crippen molar-refractivity contribution in [2.75, 3.05) is 31.6 Å². The number of amides is 1. The number of aromatic nitrogens is 2. The topological polar surface area (TPSA) is 76.6 Å². The van der Waals surface area contributed by atoms with Crippen LogP contribution in [0.5, 0.6) is 5.88 Å². The molecule has 7 heteroatoms. The van der Waals surface area contributed by atoms with Crippen molar-refractivity contribution in [3.63, 3.8) is 0 Å². The number of piperidine rings is 1. The highest BCUT2D eigenvalue weighted by Gasteiger charge is 2.43. The van der Waals surface area contributed by atoms with Crippen LogP contribution in [0.1, 0.15) is 12.8 Å². The van der Waals surface area contributed by atoms with Crippen LogP contribution < -0.4 is 15.0 Å². The Labute approximate surface area is 110 Å². The summed E-state index contributed by atoms with van der Waals surface area (Å²) in [7, 11) is 1.58. The number of anilines is 1. The van der Waals surface area contributed by atoms with Gasteiger partial charge in [-0.2, -0.15) is 0 Å². The number of hydrogen-bond acceptors (Lipinski definition) is 6. The number of carbonyl (C=O) groups excluding carboxylic acids is 1. The highest BCUT2D eigenvalue weighted by atomic mass is 16.6. The molecular formula is C12H16N4O3. The Morgan fingerprint density at radius 1 is 1.42 bits per heavy atom. The van der Waals surface area contributed by atoms with E-state index in [2.05, 4.69) is 20.2 Å². The summed E-state index contributed by atoms with van der Waals surface area (Å²) >= 11 is 0. The van der Waals surface area contributed by atoms with E-state index in [-0.39, 0.29) is 11.7 Å². The number of alkyl carbamates (subject to hydrolysis) is 1. The Hall–Kier alpha value is -2.05. The maximum atomic E-state index is 11.2. The SMILES string of the molecule is COc1cc(N2CCC3(CC2)CNC(=O)O3)ncn1. The Bertz CT molecular complexity index is 486. The van der Waals surface area contributed by atoms with Crippen molar-refractivity contribution in [3.8, 4) is 5.88 Å². The molecule has 0 atom stereocenters. The van der Waals surface area contributed by atoms with Gasteiger partial charge in [0, 0.05) is 32.0 Å². The van der Waals surface area contributed by atoms with Gasteiger partial charge in [-0.05, 0) is 0 Å². The van der Waals surface area contributed by atoms with Crippen LogP contribution in [0.3, 0.4) is 0 Å². The molecule has 2 saturated heterocycles. The minimum atomic E-state index is -0.329. The van der Waals surface area contributed by atoms with Gasteiger partial charge in [-0.25, -0.2) is 14.8 Å². The number of ether oxygens (including phenoxy) is 2. The molecule has 0 aliphatic carbocycles. The van der Waals surface area contributed by atoms with Crippen LogP contribution in [-0.2, 0) is 4.74 Å². The predicted molar refractivity (Wildman–Crippen MR) is 67.2 cm³/mol. The van der Waals surface area contributed by atoms with Gasteiger partial charge in [-0.3, -0.25) is 0 Å². The zero-order valence-corrected chi connectivity index (χ0v) is 10.8. The van der Waals surface area contributed by atoms with E-state index in [0.717, 1.165) is 31.7 Å². The van der Waals surface area contributed by atoms with Gasteiger partial charge in [-0.15, -0.1) is 0 Å². The summed E-state index contributed by atoms with van der Waals surface area (Å²) < 4.78 is 10.5. The fourth-order valence-corrected chi connectivity index (χ4v) is 2.54. The Kier molecular flexibility index (Phi) is 2.88. The van der Waals surface area contributed by atoms with E-state index >= 15 is 0 Å². The van der Waals surface area contributed by atoms with Crippen LogP contribution in [0, 0.1) is 0 Å². The van der Waals surface area contributed by atoms with E-state index in [1.807, 2.05) is 6.07 Å². The molecule has 2 aliphatic heterocycles. The molecule has 3 rings (SSSR count). The van der Waals surface area contributed by atoms with Gasteiger partial charge in [0.05, 0.1) is 13.7 Å². The monoisotopic (exact) mass is 264 g/mol. The third-order valence-electron chi connectivity index (χ3n) is 3.70. The minimum Gasteiger partial charge on any atom is -0.481 e. The quantitative estimate of drug-likeness (QED) is 0.841. The highest BCUT2D eigenvalue weighted by molar-refractivity contribution is 5.70. The summed E-state index contributed by atoms with van der Waals surface area (Å²) in [5.41, 5.74) is -0.329. The molecule has 0 unspecified atom stereocenters. The molecule has 1 spiro atoms. The van der Waals surface area contributed by atoms with Crippen molar-refractivity contribution in [2.24, 2.45) is 0 Å². The lowest BCUT2D eigenvalue weighted by Crippen LogP contribution is -2.46. The second-order valence-corrected chi connectivity index (χ2v) is 4.83. The van der Waals surface area contributed by atoms with Crippen molar-refractivity contribution in [1.82, 2.24) is 15.3 Å². The lowest BCUT2D eigenvalue weighted by Gasteiger charge is -2.37. The van der Waals surface area contributed by atoms with Gasteiger partial charge < -0.3 is 19.7 Å². The fraction of sp³-hybridized carbons (Fsp3) is 0.583. The first-order valence-electron chi connectivity index (χ1n) is 6.29. The van der Waals surface area contributed by atoms with Crippen molar-refractivity contribution in [1.29, 1.82) is 0 Å². The number of rotatable bonds is 2. The first kappa shape index (κ1) is 12.0. The number of nitrogens with one attached hydrogen (secondary N) is 1. The van der Waals surface area contributed by atoms with E-state index in [1.54, 1.807) is 7.11 Å². The molecular weight excluding hydrogens is 248 g/mol. The summed E-state index contributed by atoms with van der Waals surface area (Å²) in [6.07, 6.45) is 2.79. The van der Waals surface area contributed by atoms with Crippen molar-refractivity contribution < 1.29 is 14.3 Å². The maximum absolute atomic E-state index is 11.2. The molecule has 1 N–H and O–H groups in total.